The minimum absolute atomic E-state index is 0.0744. The lowest BCUT2D eigenvalue weighted by Crippen LogP contribution is -2.29. The first-order chi connectivity index (χ1) is 9.06. The summed E-state index contributed by atoms with van der Waals surface area (Å²) in [6, 6.07) is 3.44. The van der Waals surface area contributed by atoms with Crippen molar-refractivity contribution in [2.45, 2.75) is 26.7 Å². The number of carbonyl (C=O) groups excluding carboxylic acids is 1. The molecule has 0 saturated heterocycles. The van der Waals surface area contributed by atoms with Gasteiger partial charge in [-0.25, -0.2) is 4.98 Å². The molecule has 1 aromatic rings. The van der Waals surface area contributed by atoms with E-state index in [9.17, 15) is 4.79 Å². The quantitative estimate of drug-likeness (QED) is 0.785. The van der Waals surface area contributed by atoms with Crippen molar-refractivity contribution in [3.8, 4) is 0 Å². The van der Waals surface area contributed by atoms with Crippen LogP contribution >= 0.6 is 23.4 Å². The maximum atomic E-state index is 12.1. The number of hydrogen-bond donors (Lipinski definition) is 1. The molecule has 0 aromatic carbocycles. The first-order valence-corrected chi connectivity index (χ1v) is 8.27. The fraction of sp³-hybridized carbons (Fsp3) is 0.571. The molecule has 0 radical (unpaired) electrons. The van der Waals surface area contributed by atoms with Crippen LogP contribution in [0.4, 0.5) is 0 Å². The van der Waals surface area contributed by atoms with Gasteiger partial charge < -0.3 is 5.32 Å². The van der Waals surface area contributed by atoms with Crippen LogP contribution in [0, 0.1) is 5.92 Å². The van der Waals surface area contributed by atoms with Crippen molar-refractivity contribution in [2.24, 2.45) is 5.92 Å². The summed E-state index contributed by atoms with van der Waals surface area (Å²) in [5, 5.41) is 3.32. The number of carbonyl (C=O) groups is 1. The first-order valence-electron chi connectivity index (χ1n) is 6.50. The number of aromatic nitrogens is 1. The zero-order chi connectivity index (χ0) is 14.3. The predicted molar refractivity (Wildman–Crippen MR) is 83.1 cm³/mol. The van der Waals surface area contributed by atoms with Crippen molar-refractivity contribution in [3.63, 3.8) is 0 Å². The van der Waals surface area contributed by atoms with Crippen LogP contribution in [0.15, 0.2) is 12.1 Å². The Morgan fingerprint density at radius 3 is 2.89 bits per heavy atom. The van der Waals surface area contributed by atoms with E-state index < -0.39 is 0 Å². The van der Waals surface area contributed by atoms with Gasteiger partial charge in [-0.05, 0) is 36.5 Å². The van der Waals surface area contributed by atoms with Gasteiger partial charge in [0.15, 0.2) is 0 Å². The highest BCUT2D eigenvalue weighted by Gasteiger charge is 2.10. The van der Waals surface area contributed by atoms with E-state index in [0.717, 1.165) is 24.3 Å². The van der Waals surface area contributed by atoms with E-state index in [1.165, 1.54) is 0 Å². The maximum absolute atomic E-state index is 12.1. The third kappa shape index (κ3) is 5.83. The predicted octanol–water partition coefficient (Wildman–Crippen LogP) is 3.42. The summed E-state index contributed by atoms with van der Waals surface area (Å²) in [6.07, 6.45) is 3.89. The maximum Gasteiger partial charge on any atom is 0.251 e. The Morgan fingerprint density at radius 2 is 2.26 bits per heavy atom. The average Bonchev–Trinajstić information content (AvgIpc) is 2.36. The van der Waals surface area contributed by atoms with E-state index in [4.69, 9.17) is 11.6 Å². The van der Waals surface area contributed by atoms with Crippen molar-refractivity contribution < 1.29 is 4.79 Å². The lowest BCUT2D eigenvalue weighted by atomic mass is 10.1. The van der Waals surface area contributed by atoms with Crippen LogP contribution in [0.3, 0.4) is 0 Å². The van der Waals surface area contributed by atoms with Crippen LogP contribution in [-0.4, -0.2) is 29.4 Å². The number of nitrogens with one attached hydrogen (secondary N) is 1. The Balaban J connectivity index is 2.65. The van der Waals surface area contributed by atoms with Crippen LogP contribution in [0.1, 0.15) is 36.3 Å². The molecule has 0 aliphatic rings. The number of hydrogen-bond acceptors (Lipinski definition) is 3. The highest BCUT2D eigenvalue weighted by atomic mass is 35.5. The molecular formula is C14H21ClN2OS. The molecule has 0 aliphatic carbocycles. The van der Waals surface area contributed by atoms with Crippen molar-refractivity contribution in [2.75, 3.05) is 18.6 Å². The standard InChI is InChI=1S/C14H21ClN2OS/c1-4-5-12-6-11(7-13(15)17-12)14(18)16-8-10(2)9-19-3/h6-7,10H,4-5,8-9H2,1-3H3,(H,16,18). The molecule has 1 heterocycles. The number of halogens is 1. The normalized spacial score (nSPS) is 12.2. The number of pyridine rings is 1. The second kappa shape index (κ2) is 8.43. The fourth-order valence-electron chi connectivity index (χ4n) is 1.78. The van der Waals surface area contributed by atoms with Crippen LogP contribution in [-0.2, 0) is 6.42 Å². The van der Waals surface area contributed by atoms with Gasteiger partial charge in [0.05, 0.1) is 0 Å². The minimum Gasteiger partial charge on any atom is -0.352 e. The molecule has 106 valence electrons. The van der Waals surface area contributed by atoms with E-state index >= 15 is 0 Å². The van der Waals surface area contributed by atoms with Gasteiger partial charge in [-0.1, -0.05) is 31.9 Å². The molecule has 0 bridgehead atoms. The fourth-order valence-corrected chi connectivity index (χ4v) is 2.69. The Bertz CT molecular complexity index is 426. The number of nitrogens with zero attached hydrogens (tertiary/aromatic N) is 1. The minimum atomic E-state index is -0.0744. The zero-order valence-electron chi connectivity index (χ0n) is 11.7. The second-order valence-corrected chi connectivity index (χ2v) is 5.99. The van der Waals surface area contributed by atoms with Crippen molar-refractivity contribution in [3.05, 3.63) is 28.5 Å². The Labute approximate surface area is 124 Å². The van der Waals surface area contributed by atoms with E-state index in [-0.39, 0.29) is 5.91 Å². The highest BCUT2D eigenvalue weighted by molar-refractivity contribution is 7.98. The molecule has 0 fully saturated rings. The monoisotopic (exact) mass is 300 g/mol. The average molecular weight is 301 g/mol. The first kappa shape index (κ1) is 16.3. The van der Waals surface area contributed by atoms with Crippen LogP contribution in [0.25, 0.3) is 0 Å². The van der Waals surface area contributed by atoms with Crippen LogP contribution < -0.4 is 5.32 Å². The summed E-state index contributed by atoms with van der Waals surface area (Å²) in [7, 11) is 0. The van der Waals surface area contributed by atoms with Crippen molar-refractivity contribution in [1.29, 1.82) is 0 Å². The zero-order valence-corrected chi connectivity index (χ0v) is 13.3. The van der Waals surface area contributed by atoms with E-state index in [0.29, 0.717) is 23.2 Å². The molecule has 0 aliphatic heterocycles. The Hall–Kier alpha value is -0.740. The summed E-state index contributed by atoms with van der Waals surface area (Å²) in [5.74, 6) is 1.43. The van der Waals surface area contributed by atoms with Gasteiger partial charge in [0, 0.05) is 17.8 Å². The molecule has 3 nitrogen and oxygen atoms in total. The molecule has 19 heavy (non-hydrogen) atoms. The molecule has 1 aromatic heterocycles. The lowest BCUT2D eigenvalue weighted by Gasteiger charge is -2.11. The van der Waals surface area contributed by atoms with E-state index in [2.05, 4.69) is 30.4 Å². The van der Waals surface area contributed by atoms with E-state index in [1.807, 2.05) is 6.07 Å². The van der Waals surface area contributed by atoms with Crippen LogP contribution in [0.2, 0.25) is 5.15 Å². The third-order valence-corrected chi connectivity index (χ3v) is 3.77. The second-order valence-electron chi connectivity index (χ2n) is 4.69. The summed E-state index contributed by atoms with van der Waals surface area (Å²) < 4.78 is 0. The summed E-state index contributed by atoms with van der Waals surface area (Å²) in [5.41, 5.74) is 1.47. The number of thioether (sulfide) groups is 1. The Kier molecular flexibility index (Phi) is 7.24. The molecule has 1 unspecified atom stereocenters. The van der Waals surface area contributed by atoms with Gasteiger partial charge in [0.2, 0.25) is 0 Å². The molecule has 5 heteroatoms. The molecule has 1 rings (SSSR count). The van der Waals surface area contributed by atoms with Crippen molar-refractivity contribution in [1.82, 2.24) is 10.3 Å². The molecular weight excluding hydrogens is 280 g/mol. The van der Waals surface area contributed by atoms with Gasteiger partial charge in [-0.2, -0.15) is 11.8 Å². The molecule has 1 atom stereocenters. The SMILES string of the molecule is CCCc1cc(C(=O)NCC(C)CSC)cc(Cl)n1. The number of aryl methyl sites for hydroxylation is 1. The summed E-state index contributed by atoms with van der Waals surface area (Å²) >= 11 is 7.73. The van der Waals surface area contributed by atoms with Gasteiger partial charge in [-0.15, -0.1) is 0 Å². The van der Waals surface area contributed by atoms with Gasteiger partial charge in [-0.3, -0.25) is 4.79 Å². The molecule has 1 N–H and O–H groups in total. The molecule has 0 saturated carbocycles. The summed E-state index contributed by atoms with van der Waals surface area (Å²) in [6.45, 7) is 4.88. The van der Waals surface area contributed by atoms with Gasteiger partial charge >= 0.3 is 0 Å². The summed E-state index contributed by atoms with van der Waals surface area (Å²) in [4.78, 5) is 16.3. The topological polar surface area (TPSA) is 42.0 Å². The van der Waals surface area contributed by atoms with Crippen LogP contribution in [0.5, 0.6) is 0 Å². The van der Waals surface area contributed by atoms with Gasteiger partial charge in [0.1, 0.15) is 5.15 Å². The largest absolute Gasteiger partial charge is 0.352 e. The number of amides is 1. The van der Waals surface area contributed by atoms with Crippen molar-refractivity contribution >= 4 is 29.3 Å². The third-order valence-electron chi connectivity index (χ3n) is 2.68. The molecule has 0 spiro atoms. The van der Waals surface area contributed by atoms with Gasteiger partial charge in [0.25, 0.3) is 5.91 Å². The lowest BCUT2D eigenvalue weighted by molar-refractivity contribution is 0.0949. The number of rotatable bonds is 7. The highest BCUT2D eigenvalue weighted by Crippen LogP contribution is 2.12. The van der Waals surface area contributed by atoms with E-state index in [1.54, 1.807) is 17.8 Å². The Morgan fingerprint density at radius 1 is 1.53 bits per heavy atom. The molecule has 1 amide bonds. The smallest absolute Gasteiger partial charge is 0.251 e.